The summed E-state index contributed by atoms with van der Waals surface area (Å²) in [5, 5.41) is 0. The van der Waals surface area contributed by atoms with E-state index in [0.717, 1.165) is 36.9 Å². The van der Waals surface area contributed by atoms with Crippen LogP contribution in [0.3, 0.4) is 0 Å². The van der Waals surface area contributed by atoms with Crippen molar-refractivity contribution < 1.29 is 9.47 Å². The third-order valence-corrected chi connectivity index (χ3v) is 6.78. The zero-order valence-electron chi connectivity index (χ0n) is 25.3. The van der Waals surface area contributed by atoms with Gasteiger partial charge in [-0.25, -0.2) is 0 Å². The molecule has 2 nitrogen and oxygen atoms in total. The third-order valence-electron chi connectivity index (χ3n) is 6.78. The summed E-state index contributed by atoms with van der Waals surface area (Å²) < 4.78 is 11.7. The van der Waals surface area contributed by atoms with Crippen LogP contribution in [-0.4, -0.2) is 42.2 Å². The van der Waals surface area contributed by atoms with Crippen molar-refractivity contribution in [1.82, 2.24) is 0 Å². The molecule has 2 aliphatic heterocycles. The minimum atomic E-state index is 0. The molecule has 202 valence electrons. The summed E-state index contributed by atoms with van der Waals surface area (Å²) in [6.07, 6.45) is 18.2. The van der Waals surface area contributed by atoms with Crippen molar-refractivity contribution in [3.63, 3.8) is 0 Å². The van der Waals surface area contributed by atoms with Crippen molar-refractivity contribution in [2.24, 2.45) is 23.7 Å². The van der Waals surface area contributed by atoms with Crippen LogP contribution in [0.25, 0.3) is 0 Å². The first-order chi connectivity index (χ1) is 15.7. The maximum atomic E-state index is 5.87. The standard InChI is InChI=1S/2C11H20O.4C2H6.2B/c2*1-9-7-10-5-3-2-4-6-11(10)12-8-9;4*1-2;;/h2*9-11H,2-8H2,1H3;4*1-2H3;;/t9-,10+,11-;9-,10-,11+;;;;;;/m10....../s1. The second-order valence-electron chi connectivity index (χ2n) is 9.22. The summed E-state index contributed by atoms with van der Waals surface area (Å²) >= 11 is 0. The summed E-state index contributed by atoms with van der Waals surface area (Å²) in [6.45, 7) is 22.7. The van der Waals surface area contributed by atoms with E-state index in [2.05, 4.69) is 13.8 Å². The number of ether oxygens (including phenoxy) is 2. The Morgan fingerprint density at radius 2 is 0.735 bits per heavy atom. The first-order valence-electron chi connectivity index (χ1n) is 15.0. The van der Waals surface area contributed by atoms with Gasteiger partial charge in [-0.3, -0.25) is 0 Å². The maximum Gasteiger partial charge on any atom is 0.0603 e. The van der Waals surface area contributed by atoms with Gasteiger partial charge in [0, 0.05) is 30.0 Å². The van der Waals surface area contributed by atoms with Crippen LogP contribution in [0.4, 0.5) is 0 Å². The Hall–Kier alpha value is 0.0499. The predicted octanol–water partition coefficient (Wildman–Crippen LogP) is 9.33. The molecule has 6 atom stereocenters. The van der Waals surface area contributed by atoms with Crippen molar-refractivity contribution in [2.45, 2.75) is 158 Å². The Morgan fingerprint density at radius 3 is 1.06 bits per heavy atom. The Labute approximate surface area is 221 Å². The molecule has 4 aliphatic rings. The number of hydrogen-bond acceptors (Lipinski definition) is 2. The van der Waals surface area contributed by atoms with Gasteiger partial charge in [-0.1, -0.05) is 108 Å². The first kappa shape index (κ1) is 41.2. The highest BCUT2D eigenvalue weighted by Gasteiger charge is 2.30. The number of hydrogen-bond donors (Lipinski definition) is 0. The van der Waals surface area contributed by atoms with E-state index in [4.69, 9.17) is 9.47 Å². The predicted molar refractivity (Wildman–Crippen MR) is 157 cm³/mol. The molecule has 0 aromatic carbocycles. The van der Waals surface area contributed by atoms with Gasteiger partial charge in [0.25, 0.3) is 0 Å². The van der Waals surface area contributed by atoms with Crippen LogP contribution < -0.4 is 0 Å². The monoisotopic (exact) mass is 479 g/mol. The van der Waals surface area contributed by atoms with Crippen molar-refractivity contribution in [3.8, 4) is 0 Å². The van der Waals surface area contributed by atoms with Gasteiger partial charge in [-0.05, 0) is 62.2 Å². The van der Waals surface area contributed by atoms with Gasteiger partial charge in [-0.2, -0.15) is 0 Å². The highest BCUT2D eigenvalue weighted by Crippen LogP contribution is 2.35. The molecule has 2 saturated carbocycles. The van der Waals surface area contributed by atoms with E-state index in [1.807, 2.05) is 55.4 Å². The molecule has 34 heavy (non-hydrogen) atoms. The summed E-state index contributed by atoms with van der Waals surface area (Å²) in [6, 6.07) is 0. The zero-order chi connectivity index (χ0) is 24.8. The summed E-state index contributed by atoms with van der Waals surface area (Å²) in [4.78, 5) is 0. The van der Waals surface area contributed by atoms with Crippen LogP contribution >= 0.6 is 0 Å². The van der Waals surface area contributed by atoms with E-state index in [0.29, 0.717) is 12.2 Å². The quantitative estimate of drug-likeness (QED) is 0.323. The van der Waals surface area contributed by atoms with Gasteiger partial charge in [-0.15, -0.1) is 0 Å². The van der Waals surface area contributed by atoms with E-state index in [1.165, 1.54) is 77.0 Å². The molecular weight excluding hydrogens is 414 g/mol. The largest absolute Gasteiger partial charge is 0.378 e. The molecule has 4 heteroatoms. The second-order valence-corrected chi connectivity index (χ2v) is 9.22. The summed E-state index contributed by atoms with van der Waals surface area (Å²) in [5.74, 6) is 3.42. The van der Waals surface area contributed by atoms with Gasteiger partial charge in [0.15, 0.2) is 0 Å². The molecule has 0 unspecified atom stereocenters. The molecule has 2 aliphatic carbocycles. The van der Waals surface area contributed by atoms with Crippen LogP contribution in [0.1, 0.15) is 146 Å². The average Bonchev–Trinajstić information content (AvgIpc) is 3.24. The molecular formula is C30H64B2O2. The molecule has 4 rings (SSSR count). The molecule has 0 amide bonds. The number of fused-ring (bicyclic) bond motifs is 2. The lowest BCUT2D eigenvalue weighted by atomic mass is 9.86. The van der Waals surface area contributed by atoms with Crippen molar-refractivity contribution >= 4 is 16.8 Å². The minimum absolute atomic E-state index is 0. The van der Waals surface area contributed by atoms with Crippen LogP contribution in [0.5, 0.6) is 0 Å². The molecule has 6 radical (unpaired) electrons. The third kappa shape index (κ3) is 17.5. The lowest BCUT2D eigenvalue weighted by Gasteiger charge is -2.33. The Bertz CT molecular complexity index is 334. The van der Waals surface area contributed by atoms with Crippen LogP contribution in [-0.2, 0) is 9.47 Å². The Kier molecular flexibility index (Phi) is 35.5. The second kappa shape index (κ2) is 29.3. The normalized spacial score (nSPS) is 31.2. The minimum Gasteiger partial charge on any atom is -0.378 e. The molecule has 2 heterocycles. The first-order valence-corrected chi connectivity index (χ1v) is 15.0. The highest BCUT2D eigenvalue weighted by atomic mass is 16.5. The topological polar surface area (TPSA) is 18.5 Å². The van der Waals surface area contributed by atoms with Crippen LogP contribution in [0, 0.1) is 23.7 Å². The Balaban J connectivity index is -0.000000196. The van der Waals surface area contributed by atoms with E-state index in [-0.39, 0.29) is 16.8 Å². The summed E-state index contributed by atoms with van der Waals surface area (Å²) in [7, 11) is 0. The highest BCUT2D eigenvalue weighted by molar-refractivity contribution is 5.76. The number of rotatable bonds is 0. The van der Waals surface area contributed by atoms with Crippen LogP contribution in [0.15, 0.2) is 0 Å². The van der Waals surface area contributed by atoms with E-state index >= 15 is 0 Å². The van der Waals surface area contributed by atoms with Gasteiger partial charge < -0.3 is 9.47 Å². The fourth-order valence-electron chi connectivity index (χ4n) is 5.42. The van der Waals surface area contributed by atoms with Gasteiger partial charge in [0.1, 0.15) is 0 Å². The van der Waals surface area contributed by atoms with E-state index in [1.54, 1.807) is 0 Å². The molecule has 4 fully saturated rings. The van der Waals surface area contributed by atoms with Crippen molar-refractivity contribution in [2.75, 3.05) is 13.2 Å². The average molecular weight is 478 g/mol. The zero-order valence-corrected chi connectivity index (χ0v) is 25.3. The molecule has 0 bridgehead atoms. The Morgan fingerprint density at radius 1 is 0.441 bits per heavy atom. The molecule has 0 N–H and O–H groups in total. The lowest BCUT2D eigenvalue weighted by molar-refractivity contribution is -0.0545. The maximum absolute atomic E-state index is 5.87. The summed E-state index contributed by atoms with van der Waals surface area (Å²) in [5.41, 5.74) is 0. The van der Waals surface area contributed by atoms with Gasteiger partial charge >= 0.3 is 0 Å². The van der Waals surface area contributed by atoms with Gasteiger partial charge in [0.2, 0.25) is 0 Å². The molecule has 2 saturated heterocycles. The van der Waals surface area contributed by atoms with E-state index < -0.39 is 0 Å². The fourth-order valence-corrected chi connectivity index (χ4v) is 5.42. The van der Waals surface area contributed by atoms with Crippen molar-refractivity contribution in [1.29, 1.82) is 0 Å². The van der Waals surface area contributed by atoms with Crippen molar-refractivity contribution in [3.05, 3.63) is 0 Å². The van der Waals surface area contributed by atoms with Gasteiger partial charge in [0.05, 0.1) is 12.2 Å². The lowest BCUT2D eigenvalue weighted by Crippen LogP contribution is -2.32. The molecule has 0 aromatic heterocycles. The SMILES string of the molecule is CC.CC.CC.CC.C[C@@H]1CO[C@@H]2CCCCC[C@H]2C1.C[C@H]1CO[C@@H]2CCCCC[C@H]2C1.[B].[B]. The smallest absolute Gasteiger partial charge is 0.0603 e. The van der Waals surface area contributed by atoms with Crippen LogP contribution in [0.2, 0.25) is 0 Å². The van der Waals surface area contributed by atoms with E-state index in [9.17, 15) is 0 Å². The molecule has 0 aromatic rings. The fraction of sp³-hybridized carbons (Fsp3) is 1.00. The molecule has 0 spiro atoms.